The highest BCUT2D eigenvalue weighted by atomic mass is 35.5. The minimum atomic E-state index is -0.515. The fourth-order valence-corrected chi connectivity index (χ4v) is 3.47. The third kappa shape index (κ3) is 4.32. The van der Waals surface area contributed by atoms with Crippen LogP contribution in [0.25, 0.3) is 0 Å². The van der Waals surface area contributed by atoms with Gasteiger partial charge in [0.05, 0.1) is 20.7 Å². The van der Waals surface area contributed by atoms with Crippen LogP contribution in [0.5, 0.6) is 0 Å². The molecule has 1 saturated heterocycles. The number of aliphatic hydroxyl groups excluding tert-OH is 1. The second kappa shape index (κ2) is 8.12. The summed E-state index contributed by atoms with van der Waals surface area (Å²) < 4.78 is 0. The molecule has 9 nitrogen and oxygen atoms in total. The molecule has 0 saturated carbocycles. The highest BCUT2D eigenvalue weighted by Gasteiger charge is 2.27. The lowest BCUT2D eigenvalue weighted by Crippen LogP contribution is -2.37. The Hall–Kier alpha value is -2.36. The number of nitro groups is 1. The van der Waals surface area contributed by atoms with Crippen molar-refractivity contribution < 1.29 is 10.0 Å². The van der Waals surface area contributed by atoms with E-state index in [0.29, 0.717) is 18.8 Å². The molecule has 2 heterocycles. The van der Waals surface area contributed by atoms with Crippen LogP contribution < -0.4 is 16.0 Å². The van der Waals surface area contributed by atoms with E-state index in [1.807, 2.05) is 0 Å². The second-order valence-electron chi connectivity index (χ2n) is 6.27. The predicted molar refractivity (Wildman–Crippen MR) is 105 cm³/mol. The van der Waals surface area contributed by atoms with E-state index in [0.717, 1.165) is 19.0 Å². The molecule has 2 aromatic rings. The summed E-state index contributed by atoms with van der Waals surface area (Å²) in [6.45, 7) is 1.14. The summed E-state index contributed by atoms with van der Waals surface area (Å²) in [6, 6.07) is 3.13. The molecule has 3 rings (SSSR count). The van der Waals surface area contributed by atoms with Crippen LogP contribution in [-0.2, 0) is 0 Å². The minimum Gasteiger partial charge on any atom is -0.396 e. The molecule has 1 aliphatic heterocycles. The smallest absolute Gasteiger partial charge is 0.329 e. The molecule has 0 spiro atoms. The maximum absolute atomic E-state index is 11.4. The van der Waals surface area contributed by atoms with Crippen molar-refractivity contribution in [2.75, 3.05) is 35.6 Å². The molecular formula is C16H18Cl2N6O3. The van der Waals surface area contributed by atoms with Crippen molar-refractivity contribution in [2.45, 2.75) is 12.8 Å². The van der Waals surface area contributed by atoms with Crippen molar-refractivity contribution in [3.63, 3.8) is 0 Å². The molecule has 1 aliphatic rings. The number of hydrogen-bond donors (Lipinski definition) is 3. The summed E-state index contributed by atoms with van der Waals surface area (Å²) in [5.74, 6) is 0.432. The maximum Gasteiger partial charge on any atom is 0.329 e. The number of piperidine rings is 1. The minimum absolute atomic E-state index is 0.0307. The molecule has 27 heavy (non-hydrogen) atoms. The van der Waals surface area contributed by atoms with Crippen molar-refractivity contribution >= 4 is 52.0 Å². The van der Waals surface area contributed by atoms with Crippen molar-refractivity contribution in [3.05, 3.63) is 38.5 Å². The molecule has 0 aliphatic carbocycles. The first kappa shape index (κ1) is 19.4. The Morgan fingerprint density at radius 3 is 2.74 bits per heavy atom. The Morgan fingerprint density at radius 2 is 2.11 bits per heavy atom. The number of aliphatic hydroxyl groups is 1. The summed E-state index contributed by atoms with van der Waals surface area (Å²) in [4.78, 5) is 21.0. The molecule has 0 bridgehead atoms. The van der Waals surface area contributed by atoms with Gasteiger partial charge in [-0.05, 0) is 30.9 Å². The van der Waals surface area contributed by atoms with Crippen molar-refractivity contribution in [1.29, 1.82) is 0 Å². The van der Waals surface area contributed by atoms with E-state index in [2.05, 4.69) is 15.3 Å². The lowest BCUT2D eigenvalue weighted by atomic mass is 9.99. The van der Waals surface area contributed by atoms with Gasteiger partial charge < -0.3 is 21.1 Å². The molecule has 1 aromatic carbocycles. The van der Waals surface area contributed by atoms with Crippen LogP contribution in [0, 0.1) is 16.0 Å². The van der Waals surface area contributed by atoms with Gasteiger partial charge in [-0.1, -0.05) is 23.2 Å². The topological polar surface area (TPSA) is 130 Å². The summed E-state index contributed by atoms with van der Waals surface area (Å²) in [5, 5.41) is 24.3. The normalized spacial score (nSPS) is 17.0. The molecule has 0 radical (unpaired) electrons. The quantitative estimate of drug-likeness (QED) is 0.387. The van der Waals surface area contributed by atoms with E-state index in [-0.39, 0.29) is 45.7 Å². The van der Waals surface area contributed by atoms with Crippen molar-refractivity contribution in [2.24, 2.45) is 5.92 Å². The number of rotatable bonds is 5. The Balaban J connectivity index is 1.92. The first-order chi connectivity index (χ1) is 12.9. The molecule has 0 amide bonds. The third-order valence-electron chi connectivity index (χ3n) is 4.36. The average Bonchev–Trinajstić information content (AvgIpc) is 2.66. The predicted octanol–water partition coefficient (Wildman–Crippen LogP) is 3.23. The Kier molecular flexibility index (Phi) is 5.83. The van der Waals surface area contributed by atoms with Gasteiger partial charge in [0.15, 0.2) is 0 Å². The number of benzene rings is 1. The zero-order valence-electron chi connectivity index (χ0n) is 14.2. The van der Waals surface area contributed by atoms with E-state index in [1.54, 1.807) is 17.0 Å². The van der Waals surface area contributed by atoms with Crippen LogP contribution >= 0.6 is 23.2 Å². The van der Waals surface area contributed by atoms with Gasteiger partial charge in [0.2, 0.25) is 11.8 Å². The van der Waals surface area contributed by atoms with Crippen LogP contribution in [0.2, 0.25) is 10.0 Å². The number of nitrogens with two attached hydrogens (primary N) is 1. The zero-order chi connectivity index (χ0) is 19.6. The second-order valence-corrected chi connectivity index (χ2v) is 7.09. The van der Waals surface area contributed by atoms with Gasteiger partial charge in [0.1, 0.15) is 6.20 Å². The van der Waals surface area contributed by atoms with Gasteiger partial charge in [-0.15, -0.1) is 0 Å². The summed E-state index contributed by atoms with van der Waals surface area (Å²) in [5.41, 5.74) is 6.30. The summed E-state index contributed by atoms with van der Waals surface area (Å²) >= 11 is 12.1. The lowest BCUT2D eigenvalue weighted by Gasteiger charge is -2.32. The molecule has 1 aromatic heterocycles. The SMILES string of the molecule is Nc1c(Cl)cc(Nc2ncc([N+](=O)[O-])c(N3CCCC(CO)C3)n2)cc1Cl. The number of nitrogens with zero attached hydrogens (tertiary/aromatic N) is 4. The molecule has 1 atom stereocenters. The first-order valence-electron chi connectivity index (χ1n) is 8.27. The third-order valence-corrected chi connectivity index (χ3v) is 4.98. The highest BCUT2D eigenvalue weighted by Crippen LogP contribution is 2.34. The first-order valence-corrected chi connectivity index (χ1v) is 9.03. The van der Waals surface area contributed by atoms with Crippen LogP contribution in [0.1, 0.15) is 12.8 Å². The van der Waals surface area contributed by atoms with E-state index < -0.39 is 4.92 Å². The average molecular weight is 413 g/mol. The van der Waals surface area contributed by atoms with E-state index >= 15 is 0 Å². The molecule has 11 heteroatoms. The fraction of sp³-hybridized carbons (Fsp3) is 0.375. The van der Waals surface area contributed by atoms with Crippen molar-refractivity contribution in [3.8, 4) is 0 Å². The van der Waals surface area contributed by atoms with Crippen LogP contribution in [0.3, 0.4) is 0 Å². The number of aromatic nitrogens is 2. The molecule has 1 fully saturated rings. The fourth-order valence-electron chi connectivity index (χ4n) is 2.98. The summed E-state index contributed by atoms with van der Waals surface area (Å²) in [6.07, 6.45) is 2.85. The highest BCUT2D eigenvalue weighted by molar-refractivity contribution is 6.39. The maximum atomic E-state index is 11.4. The van der Waals surface area contributed by atoms with E-state index in [9.17, 15) is 15.2 Å². The van der Waals surface area contributed by atoms with Gasteiger partial charge in [0, 0.05) is 25.4 Å². The van der Waals surface area contributed by atoms with Crippen molar-refractivity contribution in [1.82, 2.24) is 9.97 Å². The zero-order valence-corrected chi connectivity index (χ0v) is 15.7. The van der Waals surface area contributed by atoms with E-state index in [1.165, 1.54) is 0 Å². The van der Waals surface area contributed by atoms with Gasteiger partial charge >= 0.3 is 5.69 Å². The van der Waals surface area contributed by atoms with Gasteiger partial charge in [0.25, 0.3) is 0 Å². The van der Waals surface area contributed by atoms with Crippen LogP contribution in [0.15, 0.2) is 18.3 Å². The Labute approximate surface area is 165 Å². The van der Waals surface area contributed by atoms with E-state index in [4.69, 9.17) is 28.9 Å². The summed E-state index contributed by atoms with van der Waals surface area (Å²) in [7, 11) is 0. The number of hydrogen-bond acceptors (Lipinski definition) is 8. The number of nitrogens with one attached hydrogen (secondary N) is 1. The molecular weight excluding hydrogens is 395 g/mol. The van der Waals surface area contributed by atoms with Gasteiger partial charge in [-0.3, -0.25) is 10.1 Å². The largest absolute Gasteiger partial charge is 0.396 e. The number of nitrogen functional groups attached to an aromatic ring is 1. The lowest BCUT2D eigenvalue weighted by molar-refractivity contribution is -0.384. The van der Waals surface area contributed by atoms with Crippen LogP contribution in [0.4, 0.5) is 28.8 Å². The number of halogens is 2. The molecule has 144 valence electrons. The van der Waals surface area contributed by atoms with Crippen LogP contribution in [-0.4, -0.2) is 39.7 Å². The Bertz CT molecular complexity index is 843. The standard InChI is InChI=1S/C16H18Cl2N6O3/c17-11-4-10(5-12(18)14(11)19)21-16-20-6-13(24(26)27)15(22-16)23-3-1-2-9(7-23)8-25/h4-6,9,25H,1-3,7-8,19H2,(H,20,21,22). The van der Waals surface area contributed by atoms with Gasteiger partial charge in [-0.2, -0.15) is 4.98 Å². The van der Waals surface area contributed by atoms with Gasteiger partial charge in [-0.25, -0.2) is 4.98 Å². The Morgan fingerprint density at radius 1 is 1.41 bits per heavy atom. The monoisotopic (exact) mass is 412 g/mol. The molecule has 1 unspecified atom stereocenters. The number of anilines is 4. The molecule has 4 N–H and O–H groups in total.